The van der Waals surface area contributed by atoms with Crippen molar-refractivity contribution in [1.82, 2.24) is 10.9 Å². The second-order valence-electron chi connectivity index (χ2n) is 2.20. The Bertz CT molecular complexity index is 255. The van der Waals surface area contributed by atoms with Crippen molar-refractivity contribution in [2.24, 2.45) is 5.10 Å². The van der Waals surface area contributed by atoms with Gasteiger partial charge in [0.1, 0.15) is 0 Å². The fourth-order valence-corrected chi connectivity index (χ4v) is 0.756. The highest BCUT2D eigenvalue weighted by atomic mass is 16.5. The van der Waals surface area contributed by atoms with Crippen molar-refractivity contribution < 1.29 is 10.0 Å². The predicted octanol–water partition coefficient (Wildman–Crippen LogP) is -0.0890. The van der Waals surface area contributed by atoms with Crippen LogP contribution in [0.5, 0.6) is 0 Å². The van der Waals surface area contributed by atoms with Crippen LogP contribution in [0.1, 0.15) is 6.42 Å². The third-order valence-electron chi connectivity index (χ3n) is 1.28. The molecule has 1 amide bonds. The summed E-state index contributed by atoms with van der Waals surface area (Å²) in [7, 11) is 0. The van der Waals surface area contributed by atoms with Crippen LogP contribution in [0.3, 0.4) is 0 Å². The molecule has 0 saturated carbocycles. The minimum Gasteiger partial charge on any atom is -0.289 e. The molecule has 0 aromatic heterocycles. The van der Waals surface area contributed by atoms with Crippen molar-refractivity contribution in [3.05, 3.63) is 23.9 Å². The number of nitrogens with zero attached hydrogens (tertiary/aromatic N) is 1. The van der Waals surface area contributed by atoms with Crippen molar-refractivity contribution in [3.63, 3.8) is 0 Å². The summed E-state index contributed by atoms with van der Waals surface area (Å²) in [4.78, 5) is 10.7. The SMILES string of the molecule is O=C(CC1=CNN=CC=C1)NO. The third-order valence-corrected chi connectivity index (χ3v) is 1.28. The molecule has 0 spiro atoms. The first-order valence-electron chi connectivity index (χ1n) is 3.40. The Hall–Kier alpha value is -1.62. The first-order chi connectivity index (χ1) is 5.83. The van der Waals surface area contributed by atoms with Gasteiger partial charge in [0.2, 0.25) is 5.91 Å². The van der Waals surface area contributed by atoms with Crippen LogP contribution in [0.15, 0.2) is 29.0 Å². The van der Waals surface area contributed by atoms with Crippen molar-refractivity contribution in [2.45, 2.75) is 6.42 Å². The summed E-state index contributed by atoms with van der Waals surface area (Å²) in [6.45, 7) is 0. The number of nitrogens with one attached hydrogen (secondary N) is 2. The van der Waals surface area contributed by atoms with Gasteiger partial charge in [-0.1, -0.05) is 6.08 Å². The van der Waals surface area contributed by atoms with Gasteiger partial charge in [-0.15, -0.1) is 0 Å². The minimum absolute atomic E-state index is 0.128. The van der Waals surface area contributed by atoms with E-state index in [1.807, 2.05) is 0 Å². The molecule has 1 aliphatic rings. The molecule has 1 rings (SSSR count). The van der Waals surface area contributed by atoms with Gasteiger partial charge in [-0.25, -0.2) is 5.48 Å². The lowest BCUT2D eigenvalue weighted by Crippen LogP contribution is -2.18. The average molecular weight is 167 g/mol. The van der Waals surface area contributed by atoms with Crippen molar-refractivity contribution in [2.75, 3.05) is 0 Å². The Morgan fingerprint density at radius 1 is 1.75 bits per heavy atom. The maximum absolute atomic E-state index is 10.7. The number of hydroxylamine groups is 1. The molecular weight excluding hydrogens is 158 g/mol. The zero-order valence-corrected chi connectivity index (χ0v) is 6.32. The highest BCUT2D eigenvalue weighted by molar-refractivity contribution is 5.79. The van der Waals surface area contributed by atoms with Crippen LogP contribution in [-0.2, 0) is 4.79 Å². The summed E-state index contributed by atoms with van der Waals surface area (Å²) in [6, 6.07) is 0. The van der Waals surface area contributed by atoms with Crippen LogP contribution in [0.4, 0.5) is 0 Å². The molecule has 1 aliphatic heterocycles. The number of allylic oxidation sites excluding steroid dienone is 2. The number of rotatable bonds is 2. The second kappa shape index (κ2) is 4.30. The number of carbonyl (C=O) groups excluding carboxylic acids is 1. The van der Waals surface area contributed by atoms with Crippen LogP contribution in [0.2, 0.25) is 0 Å². The second-order valence-corrected chi connectivity index (χ2v) is 2.20. The lowest BCUT2D eigenvalue weighted by Gasteiger charge is -1.98. The van der Waals surface area contributed by atoms with Gasteiger partial charge in [0.05, 0.1) is 6.42 Å². The Labute approximate surface area is 69.4 Å². The van der Waals surface area contributed by atoms with Crippen LogP contribution >= 0.6 is 0 Å². The van der Waals surface area contributed by atoms with E-state index in [0.717, 1.165) is 5.57 Å². The Balaban J connectivity index is 2.52. The zero-order chi connectivity index (χ0) is 8.81. The summed E-state index contributed by atoms with van der Waals surface area (Å²) >= 11 is 0. The largest absolute Gasteiger partial charge is 0.289 e. The molecule has 3 N–H and O–H groups in total. The number of amides is 1. The van der Waals surface area contributed by atoms with E-state index in [1.165, 1.54) is 0 Å². The summed E-state index contributed by atoms with van der Waals surface area (Å²) in [6.07, 6.45) is 6.73. The topological polar surface area (TPSA) is 73.7 Å². The smallest absolute Gasteiger partial charge is 0.247 e. The summed E-state index contributed by atoms with van der Waals surface area (Å²) in [5.41, 5.74) is 4.91. The average Bonchev–Trinajstić information content (AvgIpc) is 2.33. The highest BCUT2D eigenvalue weighted by Gasteiger charge is 2.01. The Morgan fingerprint density at radius 3 is 3.33 bits per heavy atom. The third kappa shape index (κ3) is 2.55. The quantitative estimate of drug-likeness (QED) is 0.397. The lowest BCUT2D eigenvalue weighted by molar-refractivity contribution is -0.128. The van der Waals surface area contributed by atoms with Gasteiger partial charge < -0.3 is 0 Å². The fourth-order valence-electron chi connectivity index (χ4n) is 0.756. The first kappa shape index (κ1) is 8.48. The molecule has 5 heteroatoms. The summed E-state index contributed by atoms with van der Waals surface area (Å²) in [5.74, 6) is -0.449. The standard InChI is InChI=1S/C7H9N3O2/c11-7(10-12)4-6-2-1-3-8-9-5-6/h1-3,5,9,12H,4H2,(H,10,11). The van der Waals surface area contributed by atoms with Crippen LogP contribution in [0.25, 0.3) is 0 Å². The molecule has 1 heterocycles. The van der Waals surface area contributed by atoms with Crippen molar-refractivity contribution >= 4 is 12.1 Å². The van der Waals surface area contributed by atoms with E-state index < -0.39 is 5.91 Å². The Morgan fingerprint density at radius 2 is 2.58 bits per heavy atom. The molecule has 0 aromatic carbocycles. The Kier molecular flexibility index (Phi) is 3.04. The molecule has 5 nitrogen and oxygen atoms in total. The number of hydrazone groups is 1. The minimum atomic E-state index is -0.449. The van der Waals surface area contributed by atoms with Gasteiger partial charge >= 0.3 is 0 Å². The normalized spacial score (nSPS) is 14.6. The van der Waals surface area contributed by atoms with E-state index >= 15 is 0 Å². The molecule has 0 aromatic rings. The van der Waals surface area contributed by atoms with E-state index in [9.17, 15) is 4.79 Å². The lowest BCUT2D eigenvalue weighted by atomic mass is 10.2. The first-order valence-corrected chi connectivity index (χ1v) is 3.40. The molecule has 0 unspecified atom stereocenters. The van der Waals surface area contributed by atoms with Gasteiger partial charge in [-0.2, -0.15) is 5.10 Å². The van der Waals surface area contributed by atoms with Crippen molar-refractivity contribution in [1.29, 1.82) is 0 Å². The molecule has 0 radical (unpaired) electrons. The summed E-state index contributed by atoms with van der Waals surface area (Å²) in [5, 5.41) is 12.0. The number of hydrogen-bond acceptors (Lipinski definition) is 4. The zero-order valence-electron chi connectivity index (χ0n) is 6.32. The van der Waals surface area contributed by atoms with Crippen molar-refractivity contribution in [3.8, 4) is 0 Å². The van der Waals surface area contributed by atoms with Crippen LogP contribution < -0.4 is 10.9 Å². The van der Waals surface area contributed by atoms with E-state index in [1.54, 1.807) is 30.0 Å². The monoisotopic (exact) mass is 167 g/mol. The highest BCUT2D eigenvalue weighted by Crippen LogP contribution is 2.02. The number of carbonyl (C=O) groups is 1. The van der Waals surface area contributed by atoms with E-state index in [2.05, 4.69) is 10.5 Å². The molecule has 64 valence electrons. The summed E-state index contributed by atoms with van der Waals surface area (Å²) < 4.78 is 0. The molecule has 0 bridgehead atoms. The van der Waals surface area contributed by atoms with Gasteiger partial charge in [-0.05, 0) is 11.6 Å². The molecule has 0 aliphatic carbocycles. The molecule has 0 atom stereocenters. The molecule has 0 fully saturated rings. The van der Waals surface area contributed by atoms with Crippen LogP contribution in [0, 0.1) is 0 Å². The van der Waals surface area contributed by atoms with E-state index in [-0.39, 0.29) is 6.42 Å². The molecule has 0 saturated heterocycles. The fraction of sp³-hybridized carbons (Fsp3) is 0.143. The molecule has 12 heavy (non-hydrogen) atoms. The van der Waals surface area contributed by atoms with Crippen LogP contribution in [-0.4, -0.2) is 17.3 Å². The van der Waals surface area contributed by atoms with Gasteiger partial charge in [-0.3, -0.25) is 15.4 Å². The molecular formula is C7H9N3O2. The van der Waals surface area contributed by atoms with Gasteiger partial charge in [0, 0.05) is 12.4 Å². The van der Waals surface area contributed by atoms with Gasteiger partial charge in [0.25, 0.3) is 0 Å². The predicted molar refractivity (Wildman–Crippen MR) is 43.4 cm³/mol. The maximum atomic E-state index is 10.7. The maximum Gasteiger partial charge on any atom is 0.247 e. The van der Waals surface area contributed by atoms with Gasteiger partial charge in [0.15, 0.2) is 0 Å². The number of hydrogen-bond donors (Lipinski definition) is 3. The van der Waals surface area contributed by atoms with E-state index in [4.69, 9.17) is 5.21 Å². The van der Waals surface area contributed by atoms with E-state index in [0.29, 0.717) is 0 Å².